The van der Waals surface area contributed by atoms with Gasteiger partial charge in [-0.05, 0) is 47.7 Å². The molecule has 0 amide bonds. The van der Waals surface area contributed by atoms with E-state index in [0.717, 1.165) is 16.7 Å². The summed E-state index contributed by atoms with van der Waals surface area (Å²) in [5, 5.41) is 10.3. The lowest BCUT2D eigenvalue weighted by atomic mass is 9.91. The number of fused-ring (bicyclic) bond motifs is 1. The predicted octanol–water partition coefficient (Wildman–Crippen LogP) is 4.77. The molecule has 0 aliphatic carbocycles. The van der Waals surface area contributed by atoms with Gasteiger partial charge in [-0.15, -0.1) is 0 Å². The summed E-state index contributed by atoms with van der Waals surface area (Å²) in [6.07, 6.45) is 1.71. The van der Waals surface area contributed by atoms with Gasteiger partial charge in [0.1, 0.15) is 0 Å². The van der Waals surface area contributed by atoms with Gasteiger partial charge in [-0.3, -0.25) is 9.36 Å². The zero-order valence-corrected chi connectivity index (χ0v) is 23.6. The molecule has 0 radical (unpaired) electrons. The quantitative estimate of drug-likeness (QED) is 0.333. The van der Waals surface area contributed by atoms with Crippen molar-refractivity contribution in [1.29, 1.82) is 0 Å². The number of hydrogen-bond acceptors (Lipinski definition) is 7. The topological polar surface area (TPSA) is 90.1 Å². The number of methoxy groups -OCH3 is 1. The Kier molecular flexibility index (Phi) is 7.71. The molecular weight excluding hydrogens is 524 g/mol. The molecule has 0 bridgehead atoms. The molecule has 2 heterocycles. The van der Waals surface area contributed by atoms with E-state index in [4.69, 9.17) is 14.5 Å². The maximum absolute atomic E-state index is 14.0. The largest absolute Gasteiger partial charge is 0.504 e. The van der Waals surface area contributed by atoms with Crippen molar-refractivity contribution in [3.05, 3.63) is 120 Å². The van der Waals surface area contributed by atoms with Crippen molar-refractivity contribution in [1.82, 2.24) is 4.57 Å². The first kappa shape index (κ1) is 27.1. The van der Waals surface area contributed by atoms with Crippen molar-refractivity contribution >= 4 is 29.1 Å². The van der Waals surface area contributed by atoms with Crippen molar-refractivity contribution in [2.45, 2.75) is 32.7 Å². The summed E-state index contributed by atoms with van der Waals surface area (Å²) in [6.45, 7) is 6.18. The minimum atomic E-state index is -0.738. The summed E-state index contributed by atoms with van der Waals surface area (Å²) >= 11 is 1.23. The monoisotopic (exact) mass is 554 g/mol. The Bertz CT molecular complexity index is 1770. The second-order valence-electron chi connectivity index (χ2n) is 9.68. The van der Waals surface area contributed by atoms with Crippen LogP contribution in [0.4, 0.5) is 0 Å². The van der Waals surface area contributed by atoms with Gasteiger partial charge >= 0.3 is 5.97 Å². The fraction of sp³-hybridized carbons (Fsp3) is 0.219. The number of esters is 1. The molecule has 0 saturated carbocycles. The van der Waals surface area contributed by atoms with Crippen LogP contribution in [0.1, 0.15) is 55.0 Å². The Labute approximate surface area is 236 Å². The Morgan fingerprint density at radius 1 is 1.10 bits per heavy atom. The van der Waals surface area contributed by atoms with Gasteiger partial charge in [0.25, 0.3) is 5.56 Å². The molecule has 204 valence electrons. The lowest BCUT2D eigenvalue weighted by molar-refractivity contribution is -0.138. The van der Waals surface area contributed by atoms with Gasteiger partial charge in [-0.1, -0.05) is 85.8 Å². The van der Waals surface area contributed by atoms with E-state index in [-0.39, 0.29) is 17.9 Å². The average molecular weight is 555 g/mol. The number of aromatic hydroxyl groups is 1. The minimum Gasteiger partial charge on any atom is -0.504 e. The van der Waals surface area contributed by atoms with Crippen molar-refractivity contribution in [3.63, 3.8) is 0 Å². The van der Waals surface area contributed by atoms with Crippen LogP contribution in [0.3, 0.4) is 0 Å². The number of hydrogen-bond donors (Lipinski definition) is 1. The average Bonchev–Trinajstić information content (AvgIpc) is 3.27. The zero-order chi connectivity index (χ0) is 28.4. The number of nitrogens with zero attached hydrogens (tertiary/aromatic N) is 2. The van der Waals surface area contributed by atoms with Crippen LogP contribution >= 0.6 is 11.3 Å². The predicted molar refractivity (Wildman–Crippen MR) is 156 cm³/mol. The Morgan fingerprint density at radius 3 is 2.45 bits per heavy atom. The van der Waals surface area contributed by atoms with Crippen molar-refractivity contribution < 1.29 is 19.4 Å². The first-order valence-electron chi connectivity index (χ1n) is 13.1. The summed E-state index contributed by atoms with van der Waals surface area (Å²) in [7, 11) is 1.48. The van der Waals surface area contributed by atoms with Gasteiger partial charge in [-0.25, -0.2) is 9.79 Å². The number of rotatable bonds is 7. The molecule has 8 heteroatoms. The van der Waals surface area contributed by atoms with E-state index in [1.807, 2.05) is 54.6 Å². The Hall–Kier alpha value is -4.43. The number of benzene rings is 3. The summed E-state index contributed by atoms with van der Waals surface area (Å²) in [4.78, 5) is 32.9. The molecule has 0 fully saturated rings. The second-order valence-corrected chi connectivity index (χ2v) is 10.7. The highest BCUT2D eigenvalue weighted by Crippen LogP contribution is 2.35. The summed E-state index contributed by atoms with van der Waals surface area (Å²) in [6, 6.07) is 21.7. The van der Waals surface area contributed by atoms with E-state index in [1.165, 1.54) is 18.4 Å². The molecule has 0 saturated heterocycles. The van der Waals surface area contributed by atoms with Crippen LogP contribution < -0.4 is 19.6 Å². The molecule has 0 unspecified atom stereocenters. The Morgan fingerprint density at radius 2 is 1.82 bits per heavy atom. The highest BCUT2D eigenvalue weighted by molar-refractivity contribution is 7.07. The molecule has 3 aromatic carbocycles. The van der Waals surface area contributed by atoms with Gasteiger partial charge in [0.05, 0.1) is 35.6 Å². The third-order valence-electron chi connectivity index (χ3n) is 6.79. The maximum Gasteiger partial charge on any atom is 0.338 e. The smallest absolute Gasteiger partial charge is 0.338 e. The van der Waals surface area contributed by atoms with Crippen LogP contribution in [-0.4, -0.2) is 29.4 Å². The van der Waals surface area contributed by atoms with E-state index >= 15 is 0 Å². The van der Waals surface area contributed by atoms with Gasteiger partial charge in [-0.2, -0.15) is 0 Å². The standard InChI is InChI=1S/C32H30N2O5S/c1-5-39-31(37)27-28(22-9-7-6-8-10-22)33-32-34(29(27)23-14-12-21(13-15-23)19(2)3)30(36)26(40-32)18-20-11-16-25(38-4)24(35)17-20/h6-19,29,35H,5H2,1-4H3/b26-18-/t29-/m0/s1. The number of phenolic OH excluding ortho intramolecular Hbond substituents is 1. The van der Waals surface area contributed by atoms with Crippen molar-refractivity contribution in [2.75, 3.05) is 13.7 Å². The normalized spacial score (nSPS) is 15.1. The van der Waals surface area contributed by atoms with Crippen molar-refractivity contribution in [2.24, 2.45) is 4.99 Å². The Balaban J connectivity index is 1.79. The summed E-state index contributed by atoms with van der Waals surface area (Å²) in [5.74, 6) is 0.132. The molecule has 1 aliphatic rings. The molecule has 7 nitrogen and oxygen atoms in total. The zero-order valence-electron chi connectivity index (χ0n) is 22.8. The minimum absolute atomic E-state index is 0.0249. The molecule has 4 aromatic rings. The first-order valence-corrected chi connectivity index (χ1v) is 13.9. The second kappa shape index (κ2) is 11.4. The highest BCUT2D eigenvalue weighted by Gasteiger charge is 2.35. The number of aromatic nitrogens is 1. The van der Waals surface area contributed by atoms with Gasteiger partial charge in [0.2, 0.25) is 0 Å². The number of ether oxygens (including phenoxy) is 2. The lowest BCUT2D eigenvalue weighted by Gasteiger charge is -2.26. The fourth-order valence-electron chi connectivity index (χ4n) is 4.77. The number of carbonyl (C=O) groups excluding carboxylic acids is 1. The molecule has 0 spiro atoms. The van der Waals surface area contributed by atoms with E-state index in [0.29, 0.717) is 37.8 Å². The van der Waals surface area contributed by atoms with Crippen LogP contribution in [0.15, 0.2) is 88.2 Å². The summed E-state index contributed by atoms with van der Waals surface area (Å²) < 4.78 is 12.7. The molecule has 40 heavy (non-hydrogen) atoms. The highest BCUT2D eigenvalue weighted by atomic mass is 32.1. The number of phenols is 1. The van der Waals surface area contributed by atoms with E-state index in [1.54, 1.807) is 35.8 Å². The fourth-order valence-corrected chi connectivity index (χ4v) is 5.77. The SMILES string of the molecule is CCOC(=O)C1=C(c2ccccc2)N=c2s/c(=C\c3ccc(OC)c(O)c3)c(=O)n2[C@H]1c1ccc(C(C)C)cc1. The van der Waals surface area contributed by atoms with E-state index in [2.05, 4.69) is 13.8 Å². The van der Waals surface area contributed by atoms with Gasteiger partial charge in [0.15, 0.2) is 16.3 Å². The number of thiazole rings is 1. The third-order valence-corrected chi connectivity index (χ3v) is 7.78. The molecule has 1 atom stereocenters. The maximum atomic E-state index is 14.0. The van der Waals surface area contributed by atoms with Gasteiger partial charge < -0.3 is 14.6 Å². The number of carbonyl (C=O) groups is 1. The van der Waals surface area contributed by atoms with Crippen LogP contribution in [-0.2, 0) is 9.53 Å². The van der Waals surface area contributed by atoms with Crippen LogP contribution in [0.25, 0.3) is 11.8 Å². The van der Waals surface area contributed by atoms with E-state index in [9.17, 15) is 14.7 Å². The van der Waals surface area contributed by atoms with Gasteiger partial charge in [0, 0.05) is 5.56 Å². The van der Waals surface area contributed by atoms with Crippen LogP contribution in [0, 0.1) is 0 Å². The molecular formula is C32H30N2O5S. The molecule has 1 aliphatic heterocycles. The molecule has 1 N–H and O–H groups in total. The third kappa shape index (κ3) is 5.10. The molecule has 1 aromatic heterocycles. The molecule has 5 rings (SSSR count). The lowest BCUT2D eigenvalue weighted by Crippen LogP contribution is -2.40. The first-order chi connectivity index (χ1) is 19.3. The van der Waals surface area contributed by atoms with Crippen LogP contribution in [0.5, 0.6) is 11.5 Å². The summed E-state index contributed by atoms with van der Waals surface area (Å²) in [5.41, 5.74) is 3.83. The van der Waals surface area contributed by atoms with Crippen molar-refractivity contribution in [3.8, 4) is 11.5 Å². The van der Waals surface area contributed by atoms with E-state index < -0.39 is 12.0 Å². The van der Waals surface area contributed by atoms with Crippen LogP contribution in [0.2, 0.25) is 0 Å².